The zero-order valence-electron chi connectivity index (χ0n) is 11.5. The van der Waals surface area contributed by atoms with Crippen LogP contribution in [0.25, 0.3) is 0 Å². The van der Waals surface area contributed by atoms with Crippen molar-refractivity contribution in [3.63, 3.8) is 0 Å². The fourth-order valence-corrected chi connectivity index (χ4v) is 1.66. The minimum atomic E-state index is 0.706. The average Bonchev–Trinajstić information content (AvgIpc) is 2.38. The molecule has 0 aliphatic rings. The Morgan fingerprint density at radius 2 is 1.94 bits per heavy atom. The highest BCUT2D eigenvalue weighted by molar-refractivity contribution is 5.48. The molecular weight excluding hydrogens is 210 g/mol. The van der Waals surface area contributed by atoms with Crippen LogP contribution in [-0.2, 0) is 0 Å². The molecule has 0 aliphatic heterocycles. The van der Waals surface area contributed by atoms with Crippen LogP contribution in [0.5, 0.6) is 0 Å². The highest BCUT2D eigenvalue weighted by Crippen LogP contribution is 2.14. The molecule has 1 unspecified atom stereocenters. The number of pyridine rings is 1. The molecule has 3 heteroatoms. The van der Waals surface area contributed by atoms with Gasteiger partial charge >= 0.3 is 0 Å². The van der Waals surface area contributed by atoms with Crippen molar-refractivity contribution >= 4 is 11.5 Å². The molecule has 1 atom stereocenters. The molecule has 0 radical (unpaired) electrons. The quantitative estimate of drug-likeness (QED) is 0.785. The van der Waals surface area contributed by atoms with Crippen LogP contribution < -0.4 is 10.2 Å². The molecule has 0 spiro atoms. The van der Waals surface area contributed by atoms with Gasteiger partial charge in [-0.05, 0) is 31.9 Å². The van der Waals surface area contributed by atoms with E-state index in [0.29, 0.717) is 5.92 Å². The van der Waals surface area contributed by atoms with Crippen molar-refractivity contribution in [3.8, 4) is 0 Å². The lowest BCUT2D eigenvalue weighted by Gasteiger charge is -2.20. The van der Waals surface area contributed by atoms with E-state index >= 15 is 0 Å². The second kappa shape index (κ2) is 7.15. The minimum absolute atomic E-state index is 0.706. The van der Waals surface area contributed by atoms with Crippen molar-refractivity contribution < 1.29 is 0 Å². The third-order valence-electron chi connectivity index (χ3n) is 3.19. The molecule has 0 saturated carbocycles. The predicted molar refractivity (Wildman–Crippen MR) is 75.7 cm³/mol. The number of hydrogen-bond donors (Lipinski definition) is 1. The Morgan fingerprint density at radius 3 is 2.41 bits per heavy atom. The van der Waals surface area contributed by atoms with Crippen molar-refractivity contribution in [2.75, 3.05) is 29.9 Å². The molecule has 0 saturated heterocycles. The molecule has 0 aliphatic carbocycles. The number of rotatable bonds is 7. The van der Waals surface area contributed by atoms with Gasteiger partial charge in [-0.3, -0.25) is 0 Å². The van der Waals surface area contributed by atoms with Crippen molar-refractivity contribution in [1.82, 2.24) is 4.98 Å². The highest BCUT2D eigenvalue weighted by Gasteiger charge is 2.03. The first-order chi connectivity index (χ1) is 8.21. The predicted octanol–water partition coefficient (Wildman–Crippen LogP) is 3.39. The maximum Gasteiger partial charge on any atom is 0.128 e. The zero-order valence-corrected chi connectivity index (χ0v) is 11.5. The van der Waals surface area contributed by atoms with Crippen LogP contribution in [0.15, 0.2) is 18.3 Å². The summed E-state index contributed by atoms with van der Waals surface area (Å²) >= 11 is 0. The Labute approximate surface area is 105 Å². The fourth-order valence-electron chi connectivity index (χ4n) is 1.66. The number of nitrogens with one attached hydrogen (secondary N) is 1. The molecular formula is C14H25N3. The molecule has 96 valence electrons. The van der Waals surface area contributed by atoms with E-state index in [1.165, 1.54) is 6.42 Å². The third-order valence-corrected chi connectivity index (χ3v) is 3.19. The van der Waals surface area contributed by atoms with Gasteiger partial charge in [-0.15, -0.1) is 0 Å². The van der Waals surface area contributed by atoms with Gasteiger partial charge < -0.3 is 10.2 Å². The summed E-state index contributed by atoms with van der Waals surface area (Å²) in [7, 11) is 0. The second-order valence-electron chi connectivity index (χ2n) is 4.47. The monoisotopic (exact) mass is 235 g/mol. The first-order valence-corrected chi connectivity index (χ1v) is 6.66. The van der Waals surface area contributed by atoms with E-state index in [-0.39, 0.29) is 0 Å². The van der Waals surface area contributed by atoms with E-state index < -0.39 is 0 Å². The van der Waals surface area contributed by atoms with Crippen LogP contribution >= 0.6 is 0 Å². The molecule has 1 N–H and O–H groups in total. The van der Waals surface area contributed by atoms with E-state index in [1.54, 1.807) is 0 Å². The Kier molecular flexibility index (Phi) is 5.81. The van der Waals surface area contributed by atoms with Gasteiger partial charge in [-0.25, -0.2) is 4.98 Å². The summed E-state index contributed by atoms with van der Waals surface area (Å²) in [5.41, 5.74) is 1.11. The van der Waals surface area contributed by atoms with Crippen LogP contribution in [0.1, 0.15) is 34.1 Å². The molecule has 1 aromatic heterocycles. The molecule has 1 aromatic rings. The molecule has 0 aromatic carbocycles. The first-order valence-electron chi connectivity index (χ1n) is 6.66. The Hall–Kier alpha value is -1.25. The summed E-state index contributed by atoms with van der Waals surface area (Å²) in [6, 6.07) is 4.20. The van der Waals surface area contributed by atoms with Crippen LogP contribution in [0.3, 0.4) is 0 Å². The largest absolute Gasteiger partial charge is 0.384 e. The lowest BCUT2D eigenvalue weighted by molar-refractivity contribution is 0.593. The van der Waals surface area contributed by atoms with E-state index in [2.05, 4.69) is 55.0 Å². The topological polar surface area (TPSA) is 28.2 Å². The molecule has 0 bridgehead atoms. The number of nitrogens with zero attached hydrogens (tertiary/aromatic N) is 2. The summed E-state index contributed by atoms with van der Waals surface area (Å²) in [6.45, 7) is 11.8. The van der Waals surface area contributed by atoms with Crippen molar-refractivity contribution in [1.29, 1.82) is 0 Å². The van der Waals surface area contributed by atoms with Crippen LogP contribution in [0, 0.1) is 5.92 Å². The molecule has 1 rings (SSSR count). The highest BCUT2D eigenvalue weighted by atomic mass is 15.2. The number of hydrogen-bond acceptors (Lipinski definition) is 3. The smallest absolute Gasteiger partial charge is 0.128 e. The van der Waals surface area contributed by atoms with Gasteiger partial charge in [-0.2, -0.15) is 0 Å². The maximum absolute atomic E-state index is 4.49. The fraction of sp³-hybridized carbons (Fsp3) is 0.643. The molecule has 0 fully saturated rings. The van der Waals surface area contributed by atoms with Gasteiger partial charge in [0.2, 0.25) is 0 Å². The van der Waals surface area contributed by atoms with Crippen molar-refractivity contribution in [2.45, 2.75) is 34.1 Å². The number of aromatic nitrogens is 1. The van der Waals surface area contributed by atoms with Gasteiger partial charge in [0, 0.05) is 19.6 Å². The summed E-state index contributed by atoms with van der Waals surface area (Å²) in [6.07, 6.45) is 3.13. The minimum Gasteiger partial charge on any atom is -0.384 e. The van der Waals surface area contributed by atoms with Gasteiger partial charge in [0.1, 0.15) is 5.82 Å². The van der Waals surface area contributed by atoms with Crippen molar-refractivity contribution in [3.05, 3.63) is 18.3 Å². The Morgan fingerprint density at radius 1 is 1.24 bits per heavy atom. The maximum atomic E-state index is 4.49. The normalized spacial score (nSPS) is 12.2. The van der Waals surface area contributed by atoms with E-state index in [9.17, 15) is 0 Å². The summed E-state index contributed by atoms with van der Waals surface area (Å²) in [5, 5.41) is 3.42. The Balaban J connectivity index is 2.55. The lowest BCUT2D eigenvalue weighted by Crippen LogP contribution is -2.22. The third kappa shape index (κ3) is 4.25. The van der Waals surface area contributed by atoms with Crippen LogP contribution in [0.4, 0.5) is 11.5 Å². The van der Waals surface area contributed by atoms with Crippen LogP contribution in [0.2, 0.25) is 0 Å². The number of anilines is 2. The summed E-state index contributed by atoms with van der Waals surface area (Å²) in [4.78, 5) is 6.74. The summed E-state index contributed by atoms with van der Waals surface area (Å²) < 4.78 is 0. The molecule has 17 heavy (non-hydrogen) atoms. The van der Waals surface area contributed by atoms with Gasteiger partial charge in [-0.1, -0.05) is 20.3 Å². The molecule has 3 nitrogen and oxygen atoms in total. The van der Waals surface area contributed by atoms with Gasteiger partial charge in [0.05, 0.1) is 11.9 Å². The van der Waals surface area contributed by atoms with Crippen molar-refractivity contribution in [2.24, 2.45) is 5.92 Å². The SMILES string of the molecule is CCC(C)CNc1ccc(N(CC)CC)nc1. The lowest BCUT2D eigenvalue weighted by atomic mass is 10.1. The summed E-state index contributed by atoms with van der Waals surface area (Å²) in [5.74, 6) is 1.77. The zero-order chi connectivity index (χ0) is 12.7. The standard InChI is InChI=1S/C14H25N3/c1-5-12(4)10-15-13-8-9-14(16-11-13)17(6-2)7-3/h8-9,11-12,15H,5-7,10H2,1-4H3. The van der Waals surface area contributed by atoms with Gasteiger partial charge in [0.25, 0.3) is 0 Å². The first kappa shape index (κ1) is 13.8. The van der Waals surface area contributed by atoms with E-state index in [1.807, 2.05) is 6.20 Å². The Bertz CT molecular complexity index is 304. The molecule has 0 amide bonds. The van der Waals surface area contributed by atoms with E-state index in [0.717, 1.165) is 31.1 Å². The molecule has 1 heterocycles. The van der Waals surface area contributed by atoms with Crippen LogP contribution in [-0.4, -0.2) is 24.6 Å². The average molecular weight is 235 g/mol. The van der Waals surface area contributed by atoms with Gasteiger partial charge in [0.15, 0.2) is 0 Å². The second-order valence-corrected chi connectivity index (χ2v) is 4.47. The van der Waals surface area contributed by atoms with E-state index in [4.69, 9.17) is 0 Å².